The van der Waals surface area contributed by atoms with Crippen molar-refractivity contribution in [1.82, 2.24) is 15.0 Å². The van der Waals surface area contributed by atoms with Crippen molar-refractivity contribution in [1.29, 1.82) is 0 Å². The molecule has 0 unspecified atom stereocenters. The van der Waals surface area contributed by atoms with Crippen LogP contribution in [-0.2, 0) is 5.41 Å². The van der Waals surface area contributed by atoms with Crippen LogP contribution in [0.25, 0.3) is 78.0 Å². The number of hydrogen-bond acceptors (Lipinski definition) is 3. The first-order valence-electron chi connectivity index (χ1n) is 19.8. The Morgan fingerprint density at radius 3 is 1.69 bits per heavy atom. The predicted molar refractivity (Wildman–Crippen MR) is 220 cm³/mol. The van der Waals surface area contributed by atoms with E-state index < -0.39 is 0 Å². The van der Waals surface area contributed by atoms with Gasteiger partial charge in [0.15, 0.2) is 17.5 Å². The first kappa shape index (κ1) is 30.5. The Morgan fingerprint density at radius 2 is 0.926 bits per heavy atom. The Morgan fingerprint density at radius 1 is 0.370 bits per heavy atom. The molecule has 3 nitrogen and oxygen atoms in total. The lowest BCUT2D eigenvalue weighted by Crippen LogP contribution is -2.55. The highest BCUT2D eigenvalue weighted by Crippen LogP contribution is 2.69. The number of rotatable bonds is 4. The van der Waals surface area contributed by atoms with Gasteiger partial charge in [0.25, 0.3) is 0 Å². The zero-order valence-corrected chi connectivity index (χ0v) is 30.1. The van der Waals surface area contributed by atoms with E-state index in [0.717, 1.165) is 39.7 Å². The zero-order valence-electron chi connectivity index (χ0n) is 30.1. The minimum Gasteiger partial charge on any atom is -0.208 e. The van der Waals surface area contributed by atoms with Crippen LogP contribution in [0.4, 0.5) is 0 Å². The molecule has 8 aromatic rings. The Labute approximate surface area is 315 Å². The van der Waals surface area contributed by atoms with Gasteiger partial charge in [-0.1, -0.05) is 140 Å². The fourth-order valence-corrected chi connectivity index (χ4v) is 11.7. The second-order valence-electron chi connectivity index (χ2n) is 16.4. The van der Waals surface area contributed by atoms with Gasteiger partial charge in [-0.05, 0) is 123 Å². The second kappa shape index (κ2) is 11.5. The van der Waals surface area contributed by atoms with E-state index in [9.17, 15) is 0 Å². The molecule has 54 heavy (non-hydrogen) atoms. The summed E-state index contributed by atoms with van der Waals surface area (Å²) in [5.74, 6) is 5.33. The molecule has 258 valence electrons. The van der Waals surface area contributed by atoms with Crippen LogP contribution in [0.5, 0.6) is 0 Å². The largest absolute Gasteiger partial charge is 0.208 e. The van der Waals surface area contributed by atoms with Crippen molar-refractivity contribution < 1.29 is 0 Å². The van der Waals surface area contributed by atoms with E-state index in [2.05, 4.69) is 152 Å². The summed E-state index contributed by atoms with van der Waals surface area (Å²) >= 11 is 0. The molecule has 1 heterocycles. The minimum absolute atomic E-state index is 0.0967. The molecule has 0 N–H and O–H groups in total. The van der Waals surface area contributed by atoms with Crippen molar-refractivity contribution in [3.05, 3.63) is 163 Å². The standard InChI is InChI=1S/C51H39N3/c1-2-10-33(11-3-1)34-20-22-36(23-21-34)48-52-49(42-17-8-13-35-12-4-5-15-40(35)42)54-50(53-48)43-18-9-14-37-29-45-41-16-6-7-19-46(41)51(47(45)30-44(37)43)38-25-31-24-32(27-38)28-39(51)26-31/h1-23,29-32,38-39H,24-28H2. The van der Waals surface area contributed by atoms with E-state index in [1.165, 1.54) is 70.5 Å². The minimum atomic E-state index is 0.0967. The molecule has 0 radical (unpaired) electrons. The van der Waals surface area contributed by atoms with Gasteiger partial charge in [-0.25, -0.2) is 15.0 Å². The molecule has 5 aliphatic carbocycles. The molecular weight excluding hydrogens is 655 g/mol. The number of benzene rings is 7. The summed E-state index contributed by atoms with van der Waals surface area (Å²) in [7, 11) is 0. The second-order valence-corrected chi connectivity index (χ2v) is 16.4. The number of aromatic nitrogens is 3. The molecule has 4 bridgehead atoms. The van der Waals surface area contributed by atoms with Crippen LogP contribution in [0.15, 0.2) is 152 Å². The van der Waals surface area contributed by atoms with Gasteiger partial charge in [0, 0.05) is 22.1 Å². The molecule has 1 aromatic heterocycles. The summed E-state index contributed by atoms with van der Waals surface area (Å²) in [6.45, 7) is 0. The molecule has 0 atom stereocenters. The molecule has 3 heteroatoms. The van der Waals surface area contributed by atoms with Gasteiger partial charge in [-0.2, -0.15) is 0 Å². The monoisotopic (exact) mass is 693 g/mol. The Balaban J connectivity index is 1.07. The van der Waals surface area contributed by atoms with E-state index in [1.807, 2.05) is 0 Å². The smallest absolute Gasteiger partial charge is 0.164 e. The summed E-state index contributed by atoms with van der Waals surface area (Å²) in [5.41, 5.74) is 11.6. The third kappa shape index (κ3) is 4.39. The van der Waals surface area contributed by atoms with Gasteiger partial charge in [0.2, 0.25) is 0 Å². The molecule has 4 saturated carbocycles. The lowest BCUT2D eigenvalue weighted by atomic mass is 9.43. The number of fused-ring (bicyclic) bond motifs is 5. The van der Waals surface area contributed by atoms with Crippen LogP contribution in [0, 0.1) is 23.7 Å². The highest BCUT2D eigenvalue weighted by atomic mass is 15.0. The molecule has 0 amide bonds. The third-order valence-corrected chi connectivity index (χ3v) is 13.7. The van der Waals surface area contributed by atoms with Crippen molar-refractivity contribution in [2.75, 3.05) is 0 Å². The summed E-state index contributed by atoms with van der Waals surface area (Å²) in [5, 5.41) is 4.78. The van der Waals surface area contributed by atoms with E-state index in [1.54, 1.807) is 11.1 Å². The van der Waals surface area contributed by atoms with Gasteiger partial charge in [0.1, 0.15) is 0 Å². The van der Waals surface area contributed by atoms with E-state index in [4.69, 9.17) is 15.0 Å². The number of nitrogens with zero attached hydrogens (tertiary/aromatic N) is 3. The van der Waals surface area contributed by atoms with Gasteiger partial charge < -0.3 is 0 Å². The van der Waals surface area contributed by atoms with Gasteiger partial charge >= 0.3 is 0 Å². The van der Waals surface area contributed by atoms with Crippen molar-refractivity contribution >= 4 is 21.5 Å². The summed E-state index contributed by atoms with van der Waals surface area (Å²) in [6, 6.07) is 55.3. The topological polar surface area (TPSA) is 38.7 Å². The highest BCUT2D eigenvalue weighted by molar-refractivity contribution is 6.01. The maximum atomic E-state index is 5.35. The van der Waals surface area contributed by atoms with Gasteiger partial charge in [-0.3, -0.25) is 0 Å². The van der Waals surface area contributed by atoms with Crippen LogP contribution in [-0.4, -0.2) is 15.0 Å². The quantitative estimate of drug-likeness (QED) is 0.184. The van der Waals surface area contributed by atoms with Crippen molar-refractivity contribution in [3.8, 4) is 56.4 Å². The fourth-order valence-electron chi connectivity index (χ4n) is 11.7. The Kier molecular flexibility index (Phi) is 6.52. The van der Waals surface area contributed by atoms with Crippen LogP contribution in [0.3, 0.4) is 0 Å². The van der Waals surface area contributed by atoms with Crippen LogP contribution < -0.4 is 0 Å². The van der Waals surface area contributed by atoms with Crippen molar-refractivity contribution in [3.63, 3.8) is 0 Å². The van der Waals surface area contributed by atoms with Crippen molar-refractivity contribution in [2.24, 2.45) is 23.7 Å². The third-order valence-electron chi connectivity index (χ3n) is 13.7. The average molecular weight is 694 g/mol. The molecule has 4 fully saturated rings. The SMILES string of the molecule is c1ccc(-c2ccc(-c3nc(-c4cccc5ccccc45)nc(-c4cccc5cc6c(cc45)C4(c5ccccc5-6)C5CC6CC(C5)CC4C6)n3)cc2)cc1. The van der Waals surface area contributed by atoms with Gasteiger partial charge in [-0.15, -0.1) is 0 Å². The fraction of sp³-hybridized carbons (Fsp3) is 0.196. The predicted octanol–water partition coefficient (Wildman–Crippen LogP) is 12.6. The summed E-state index contributed by atoms with van der Waals surface area (Å²) in [4.78, 5) is 15.9. The maximum absolute atomic E-state index is 5.35. The Hall–Kier alpha value is -5.93. The average Bonchev–Trinajstić information content (AvgIpc) is 3.51. The highest BCUT2D eigenvalue weighted by Gasteiger charge is 2.61. The van der Waals surface area contributed by atoms with Crippen molar-refractivity contribution in [2.45, 2.75) is 37.5 Å². The zero-order chi connectivity index (χ0) is 35.4. The van der Waals surface area contributed by atoms with E-state index >= 15 is 0 Å². The van der Waals surface area contributed by atoms with Gasteiger partial charge in [0.05, 0.1) is 0 Å². The van der Waals surface area contributed by atoms with Crippen LogP contribution in [0.2, 0.25) is 0 Å². The molecular formula is C51H39N3. The molecule has 7 aromatic carbocycles. The molecule has 5 aliphatic rings. The Bertz CT molecular complexity index is 2750. The van der Waals surface area contributed by atoms with Crippen LogP contribution in [0.1, 0.15) is 43.2 Å². The first-order chi connectivity index (χ1) is 26.7. The lowest BCUT2D eigenvalue weighted by molar-refractivity contribution is -0.0399. The maximum Gasteiger partial charge on any atom is 0.164 e. The van der Waals surface area contributed by atoms with E-state index in [-0.39, 0.29) is 5.41 Å². The first-order valence-corrected chi connectivity index (χ1v) is 19.8. The number of hydrogen-bond donors (Lipinski definition) is 0. The summed E-state index contributed by atoms with van der Waals surface area (Å²) < 4.78 is 0. The van der Waals surface area contributed by atoms with E-state index in [0.29, 0.717) is 23.5 Å². The molecule has 1 spiro atoms. The van der Waals surface area contributed by atoms with Crippen LogP contribution >= 0.6 is 0 Å². The lowest BCUT2D eigenvalue weighted by Gasteiger charge is -2.61. The molecule has 0 aliphatic heterocycles. The molecule has 13 rings (SSSR count). The summed E-state index contributed by atoms with van der Waals surface area (Å²) in [6.07, 6.45) is 6.93. The molecule has 0 saturated heterocycles. The normalized spacial score (nSPS) is 23.3.